The van der Waals surface area contributed by atoms with Gasteiger partial charge in [-0.25, -0.2) is 17.8 Å². The molecule has 35 heavy (non-hydrogen) atoms. The molecule has 2 aromatic carbocycles. The number of rotatable bonds is 2. The van der Waals surface area contributed by atoms with Gasteiger partial charge in [0, 0.05) is 0 Å². The van der Waals surface area contributed by atoms with Crippen molar-refractivity contribution in [3.8, 4) is 0 Å². The number of hydrogen-bond donors (Lipinski definition) is 3. The van der Waals surface area contributed by atoms with Crippen molar-refractivity contribution in [3.05, 3.63) is 67.1 Å². The van der Waals surface area contributed by atoms with Crippen molar-refractivity contribution < 1.29 is 61.9 Å². The minimum Gasteiger partial charge on any atom is -0.749 e. The Morgan fingerprint density at radius 3 is 1.37 bits per heavy atom. The Labute approximate surface area is 220 Å². The van der Waals surface area contributed by atoms with Gasteiger partial charge in [0.1, 0.15) is 11.4 Å². The summed E-state index contributed by atoms with van der Waals surface area (Å²) in [6, 6.07) is 2.99. The van der Waals surface area contributed by atoms with E-state index in [2.05, 4.69) is 15.6 Å². The molecule has 2 aromatic rings. The molecule has 0 aromatic heterocycles. The summed E-state index contributed by atoms with van der Waals surface area (Å²) in [6.45, 7) is 0. The monoisotopic (exact) mass is 653 g/mol. The molecule has 0 saturated carbocycles. The Balaban J connectivity index is 0. The largest absolute Gasteiger partial charge is 0.749 e. The third kappa shape index (κ3) is 17.1. The first kappa shape index (κ1) is 36.1. The Hall–Kier alpha value is -1.05. The molecule has 0 saturated heterocycles. The van der Waals surface area contributed by atoms with Crippen LogP contribution in [-0.4, -0.2) is 37.4 Å². The van der Waals surface area contributed by atoms with E-state index in [1.807, 2.05) is 0 Å². The average Bonchev–Trinajstić information content (AvgIpc) is 2.68. The summed E-state index contributed by atoms with van der Waals surface area (Å²) in [5.74, 6) is -3.04. The van der Waals surface area contributed by atoms with Crippen molar-refractivity contribution in [2.75, 3.05) is 0 Å². The van der Waals surface area contributed by atoms with Gasteiger partial charge in [-0.2, -0.15) is 25.3 Å². The number of alkyl halides is 3. The molecule has 2 rings (SSSR count). The second kappa shape index (κ2) is 15.9. The van der Waals surface area contributed by atoms with Crippen molar-refractivity contribution in [1.82, 2.24) is 0 Å². The number of halogens is 10. The smallest absolute Gasteiger partial charge is 0.416 e. The zero-order chi connectivity index (χ0) is 28.3. The molecule has 1 atom stereocenters. The highest BCUT2D eigenvalue weighted by Crippen LogP contribution is 2.34. The van der Waals surface area contributed by atoms with E-state index in [4.69, 9.17) is 77.8 Å². The van der Waals surface area contributed by atoms with E-state index in [9.17, 15) is 26.7 Å². The minimum absolute atomic E-state index is 0.133. The van der Waals surface area contributed by atoms with Crippen molar-refractivity contribution in [2.45, 2.75) is 6.18 Å². The maximum atomic E-state index is 12.7. The van der Waals surface area contributed by atoms with Crippen LogP contribution in [0.4, 0.5) is 22.0 Å². The number of hydrogen-bond acceptors (Lipinski definition) is 6. The average molecular weight is 656 g/mol. The number of carbonyl (C=O) groups is 1. The summed E-state index contributed by atoms with van der Waals surface area (Å²) in [5.41, 5.74) is -1.20. The molecule has 1 unspecified atom stereocenters. The summed E-state index contributed by atoms with van der Waals surface area (Å²) >= 11 is 22.7. The molecule has 0 aliphatic carbocycles. The molecular formula is C14H7Cl5F5O9S2-. The third-order valence-electron chi connectivity index (χ3n) is 2.59. The van der Waals surface area contributed by atoms with Crippen molar-refractivity contribution in [3.63, 3.8) is 0 Å². The summed E-state index contributed by atoms with van der Waals surface area (Å²) in [6.07, 6.45) is -4.57. The van der Waals surface area contributed by atoms with Crippen LogP contribution in [-0.2, 0) is 31.7 Å². The van der Waals surface area contributed by atoms with Crippen LogP contribution in [0.5, 0.6) is 0 Å². The van der Waals surface area contributed by atoms with Crippen LogP contribution in [0.15, 0.2) is 24.3 Å². The maximum absolute atomic E-state index is 12.7. The molecular weight excluding hydrogens is 649 g/mol. The first-order chi connectivity index (χ1) is 15.6. The van der Waals surface area contributed by atoms with Gasteiger partial charge in [-0.3, -0.25) is 9.11 Å². The summed E-state index contributed by atoms with van der Waals surface area (Å²) < 4.78 is 114. The quantitative estimate of drug-likeness (QED) is 0.146. The fraction of sp³-hybridized carbons (Fsp3) is 0.0714. The maximum Gasteiger partial charge on any atom is 0.416 e. The molecule has 0 amide bonds. The SMILES string of the molecule is Fc1c(Cl)cc(C(F)(F)F)cc1Cl.O=C(O)c1cc(Cl)c(F)c(Cl)c1.O=S(=O)(O)O.O=S([O-])OCl. The molecule has 0 aliphatic heterocycles. The first-order valence-electron chi connectivity index (χ1n) is 7.29. The molecule has 0 aliphatic rings. The second-order valence-corrected chi connectivity index (χ2v) is 8.46. The summed E-state index contributed by atoms with van der Waals surface area (Å²) in [5, 5.41) is 6.62. The van der Waals surface area contributed by atoms with Gasteiger partial charge in [0.2, 0.25) is 0 Å². The van der Waals surface area contributed by atoms with E-state index in [-0.39, 0.29) is 15.6 Å². The highest BCUT2D eigenvalue weighted by molar-refractivity contribution is 7.79. The van der Waals surface area contributed by atoms with Crippen LogP contribution in [0.25, 0.3) is 0 Å². The standard InChI is InChI=1S/C7H2Cl2F4.C7H3Cl2FO2.ClHO3S.H2O4S/c8-4-1-3(7(11,12)13)2-5(9)6(4)10;8-4-1-3(7(11)12)2-5(9)6(4)10;1-4-5(2)3;1-5(2,3)4/h1-2H;1-2H,(H,11,12);(H,2,3);(H2,1,2,3,4)/p-1. The Bertz CT molecular complexity index is 1100. The van der Waals surface area contributed by atoms with Gasteiger partial charge in [-0.1, -0.05) is 46.4 Å². The zero-order valence-electron chi connectivity index (χ0n) is 15.7. The lowest BCUT2D eigenvalue weighted by molar-refractivity contribution is -0.137. The Kier molecular flexibility index (Phi) is 16.4. The van der Waals surface area contributed by atoms with Gasteiger partial charge in [-0.15, -0.1) is 0 Å². The topological polar surface area (TPSA) is 161 Å². The predicted molar refractivity (Wildman–Crippen MR) is 115 cm³/mol. The van der Waals surface area contributed by atoms with E-state index in [1.54, 1.807) is 0 Å². The van der Waals surface area contributed by atoms with Gasteiger partial charge in [-0.05, 0) is 24.3 Å². The molecule has 0 radical (unpaired) electrons. The Morgan fingerprint density at radius 2 is 1.17 bits per heavy atom. The Morgan fingerprint density at radius 1 is 0.914 bits per heavy atom. The second-order valence-electron chi connectivity index (χ2n) is 5.03. The van der Waals surface area contributed by atoms with Crippen LogP contribution in [0.3, 0.4) is 0 Å². The molecule has 3 N–H and O–H groups in total. The first-order valence-corrected chi connectivity index (χ1v) is 11.5. The minimum atomic E-state index is -4.67. The van der Waals surface area contributed by atoms with Gasteiger partial charge >= 0.3 is 22.5 Å². The lowest BCUT2D eigenvalue weighted by Gasteiger charge is -2.07. The van der Waals surface area contributed by atoms with Crippen LogP contribution < -0.4 is 0 Å². The van der Waals surface area contributed by atoms with Crippen LogP contribution >= 0.6 is 58.3 Å². The van der Waals surface area contributed by atoms with Crippen LogP contribution in [0.1, 0.15) is 15.9 Å². The van der Waals surface area contributed by atoms with Gasteiger partial charge < -0.3 is 9.66 Å². The number of aromatic carboxylic acids is 1. The molecule has 0 fully saturated rings. The third-order valence-corrected chi connectivity index (χ3v) is 4.10. The fourth-order valence-corrected chi connectivity index (χ4v) is 2.37. The molecule has 9 nitrogen and oxygen atoms in total. The highest BCUT2D eigenvalue weighted by atomic mass is 35.5. The molecule has 0 bridgehead atoms. The molecule has 21 heteroatoms. The molecule has 0 spiro atoms. The van der Waals surface area contributed by atoms with E-state index in [0.29, 0.717) is 12.1 Å². The van der Waals surface area contributed by atoms with E-state index >= 15 is 0 Å². The number of carboxylic acids is 1. The fourth-order valence-electron chi connectivity index (χ4n) is 1.40. The lowest BCUT2D eigenvalue weighted by Crippen LogP contribution is -2.05. The van der Waals surface area contributed by atoms with E-state index < -0.39 is 61.1 Å². The predicted octanol–water partition coefficient (Wildman–Crippen LogP) is 6.28. The zero-order valence-corrected chi connectivity index (χ0v) is 21.1. The van der Waals surface area contributed by atoms with Gasteiger partial charge in [0.25, 0.3) is 0 Å². The molecule has 0 heterocycles. The van der Waals surface area contributed by atoms with Crippen molar-refractivity contribution in [1.29, 1.82) is 0 Å². The lowest BCUT2D eigenvalue weighted by atomic mass is 10.2. The van der Waals surface area contributed by atoms with E-state index in [0.717, 1.165) is 12.1 Å². The normalized spacial score (nSPS) is 11.6. The van der Waals surface area contributed by atoms with Crippen LogP contribution in [0.2, 0.25) is 20.1 Å². The van der Waals surface area contributed by atoms with Crippen LogP contribution in [0, 0.1) is 11.6 Å². The van der Waals surface area contributed by atoms with Gasteiger partial charge in [0.05, 0.1) is 43.1 Å². The van der Waals surface area contributed by atoms with Crippen molar-refractivity contribution in [2.24, 2.45) is 0 Å². The number of carboxylic acid groups (broad SMARTS) is 1. The number of benzene rings is 2. The summed E-state index contributed by atoms with van der Waals surface area (Å²) in [7, 11) is -4.67. The van der Waals surface area contributed by atoms with Crippen molar-refractivity contribution >= 4 is 86.0 Å². The van der Waals surface area contributed by atoms with E-state index in [1.165, 1.54) is 0 Å². The summed E-state index contributed by atoms with van der Waals surface area (Å²) in [4.78, 5) is 10.4. The highest BCUT2D eigenvalue weighted by Gasteiger charge is 2.32. The molecule has 200 valence electrons. The van der Waals surface area contributed by atoms with Gasteiger partial charge in [0.15, 0.2) is 11.6 Å².